The van der Waals surface area contributed by atoms with Gasteiger partial charge in [-0.1, -0.05) is 36.5 Å². The summed E-state index contributed by atoms with van der Waals surface area (Å²) in [7, 11) is 1.63. The van der Waals surface area contributed by atoms with Crippen LogP contribution in [0.25, 0.3) is 0 Å². The van der Waals surface area contributed by atoms with Crippen LogP contribution in [0.1, 0.15) is 16.7 Å². The molecule has 0 radical (unpaired) electrons. The highest BCUT2D eigenvalue weighted by atomic mass is 32.1. The number of ether oxygens (including phenoxy) is 2. The molecule has 2 aromatic rings. The molecule has 0 unspecified atom stereocenters. The van der Waals surface area contributed by atoms with Crippen molar-refractivity contribution >= 4 is 17.2 Å². The monoisotopic (exact) mass is 305 g/mol. The normalized spacial score (nSPS) is 10.4. The standard InChI is InChI=1S/C16H16FNO2S/c1-19-9-11-4-2-6-13(8-11)20-10-12-5-3-7-14(15(12)17)16(18)21/h2-8H,9-10H2,1H3,(H2,18,21). The lowest BCUT2D eigenvalue weighted by molar-refractivity contribution is 0.184. The quantitative estimate of drug-likeness (QED) is 0.833. The van der Waals surface area contributed by atoms with Gasteiger partial charge in [0, 0.05) is 18.2 Å². The number of thiocarbonyl (C=S) groups is 1. The maximum absolute atomic E-state index is 14.2. The number of hydrogen-bond donors (Lipinski definition) is 1. The number of methoxy groups -OCH3 is 1. The highest BCUT2D eigenvalue weighted by Gasteiger charge is 2.10. The highest BCUT2D eigenvalue weighted by molar-refractivity contribution is 7.80. The van der Waals surface area contributed by atoms with E-state index < -0.39 is 5.82 Å². The first-order valence-electron chi connectivity index (χ1n) is 6.39. The lowest BCUT2D eigenvalue weighted by atomic mass is 10.1. The Morgan fingerprint density at radius 2 is 1.95 bits per heavy atom. The van der Waals surface area contributed by atoms with Crippen molar-refractivity contribution in [1.82, 2.24) is 0 Å². The lowest BCUT2D eigenvalue weighted by Gasteiger charge is -2.10. The number of benzene rings is 2. The highest BCUT2D eigenvalue weighted by Crippen LogP contribution is 2.18. The zero-order valence-corrected chi connectivity index (χ0v) is 12.5. The zero-order chi connectivity index (χ0) is 15.2. The van der Waals surface area contributed by atoms with Gasteiger partial charge >= 0.3 is 0 Å². The second kappa shape index (κ2) is 7.15. The van der Waals surface area contributed by atoms with Gasteiger partial charge in [0.1, 0.15) is 23.2 Å². The van der Waals surface area contributed by atoms with E-state index in [4.69, 9.17) is 27.4 Å². The predicted molar refractivity (Wildman–Crippen MR) is 83.8 cm³/mol. The van der Waals surface area contributed by atoms with E-state index in [0.29, 0.717) is 17.9 Å². The van der Waals surface area contributed by atoms with E-state index in [1.165, 1.54) is 0 Å². The molecular weight excluding hydrogens is 289 g/mol. The number of nitrogens with two attached hydrogens (primary N) is 1. The van der Waals surface area contributed by atoms with Crippen LogP contribution in [-0.2, 0) is 18.0 Å². The third-order valence-electron chi connectivity index (χ3n) is 2.95. The third kappa shape index (κ3) is 4.00. The molecule has 110 valence electrons. The fourth-order valence-electron chi connectivity index (χ4n) is 1.93. The minimum Gasteiger partial charge on any atom is -0.489 e. The number of halogens is 1. The van der Waals surface area contributed by atoms with E-state index in [1.807, 2.05) is 24.3 Å². The average molecular weight is 305 g/mol. The van der Waals surface area contributed by atoms with E-state index in [2.05, 4.69) is 0 Å². The molecule has 0 amide bonds. The van der Waals surface area contributed by atoms with Crippen LogP contribution in [0.15, 0.2) is 42.5 Å². The molecule has 0 aliphatic heterocycles. The summed E-state index contributed by atoms with van der Waals surface area (Å²) in [5.74, 6) is 0.225. The Morgan fingerprint density at radius 1 is 1.19 bits per heavy atom. The summed E-state index contributed by atoms with van der Waals surface area (Å²) in [6, 6.07) is 12.4. The number of hydrogen-bond acceptors (Lipinski definition) is 3. The summed E-state index contributed by atoms with van der Waals surface area (Å²) in [4.78, 5) is 0.0384. The first-order chi connectivity index (χ1) is 10.1. The van der Waals surface area contributed by atoms with Gasteiger partial charge in [0.25, 0.3) is 0 Å². The molecule has 0 aliphatic rings. The molecule has 0 spiro atoms. The zero-order valence-electron chi connectivity index (χ0n) is 11.6. The molecule has 2 rings (SSSR count). The van der Waals surface area contributed by atoms with Crippen molar-refractivity contribution in [3.8, 4) is 5.75 Å². The van der Waals surface area contributed by atoms with Crippen LogP contribution in [0.4, 0.5) is 4.39 Å². The van der Waals surface area contributed by atoms with E-state index in [1.54, 1.807) is 25.3 Å². The Morgan fingerprint density at radius 3 is 2.67 bits per heavy atom. The van der Waals surface area contributed by atoms with Crippen molar-refractivity contribution < 1.29 is 13.9 Å². The van der Waals surface area contributed by atoms with Gasteiger partial charge in [0.05, 0.1) is 6.61 Å². The van der Waals surface area contributed by atoms with Crippen molar-refractivity contribution in [2.75, 3.05) is 7.11 Å². The minimum absolute atomic E-state index is 0.0384. The third-order valence-corrected chi connectivity index (χ3v) is 3.17. The molecule has 0 aromatic heterocycles. The van der Waals surface area contributed by atoms with Crippen molar-refractivity contribution in [2.45, 2.75) is 13.2 Å². The second-order valence-corrected chi connectivity index (χ2v) is 4.95. The van der Waals surface area contributed by atoms with Crippen LogP contribution in [0.5, 0.6) is 5.75 Å². The first kappa shape index (κ1) is 15.4. The van der Waals surface area contributed by atoms with E-state index in [-0.39, 0.29) is 17.2 Å². The average Bonchev–Trinajstić information content (AvgIpc) is 2.46. The molecular formula is C16H16FNO2S. The molecule has 0 saturated heterocycles. The fraction of sp³-hybridized carbons (Fsp3) is 0.188. The smallest absolute Gasteiger partial charge is 0.139 e. The SMILES string of the molecule is COCc1cccc(OCc2cccc(C(N)=S)c2F)c1. The molecule has 5 heteroatoms. The van der Waals surface area contributed by atoms with Gasteiger partial charge < -0.3 is 15.2 Å². The molecule has 21 heavy (non-hydrogen) atoms. The molecule has 0 atom stereocenters. The number of rotatable bonds is 6. The summed E-state index contributed by atoms with van der Waals surface area (Å²) >= 11 is 4.82. The maximum Gasteiger partial charge on any atom is 0.139 e. The van der Waals surface area contributed by atoms with Crippen LogP contribution in [-0.4, -0.2) is 12.1 Å². The van der Waals surface area contributed by atoms with Crippen LogP contribution in [0, 0.1) is 5.82 Å². The molecule has 3 nitrogen and oxygen atoms in total. The van der Waals surface area contributed by atoms with Gasteiger partial charge in [-0.2, -0.15) is 0 Å². The molecule has 2 aromatic carbocycles. The first-order valence-corrected chi connectivity index (χ1v) is 6.80. The Balaban J connectivity index is 2.11. The van der Waals surface area contributed by atoms with Crippen molar-refractivity contribution in [3.63, 3.8) is 0 Å². The molecule has 2 N–H and O–H groups in total. The fourth-order valence-corrected chi connectivity index (χ4v) is 2.09. The van der Waals surface area contributed by atoms with Crippen LogP contribution < -0.4 is 10.5 Å². The predicted octanol–water partition coefficient (Wildman–Crippen LogP) is 3.19. The van der Waals surface area contributed by atoms with E-state index in [9.17, 15) is 4.39 Å². The minimum atomic E-state index is -0.432. The molecule has 0 aliphatic carbocycles. The summed E-state index contributed by atoms with van der Waals surface area (Å²) in [6.07, 6.45) is 0. The van der Waals surface area contributed by atoms with Gasteiger partial charge in [-0.3, -0.25) is 0 Å². The van der Waals surface area contributed by atoms with Gasteiger partial charge in [-0.15, -0.1) is 0 Å². The molecule has 0 fully saturated rings. The van der Waals surface area contributed by atoms with Crippen molar-refractivity contribution in [2.24, 2.45) is 5.73 Å². The largest absolute Gasteiger partial charge is 0.489 e. The van der Waals surface area contributed by atoms with Gasteiger partial charge in [-0.25, -0.2) is 4.39 Å². The van der Waals surface area contributed by atoms with E-state index >= 15 is 0 Å². The lowest BCUT2D eigenvalue weighted by Crippen LogP contribution is -2.13. The van der Waals surface area contributed by atoms with E-state index in [0.717, 1.165) is 5.56 Å². The molecule has 0 saturated carbocycles. The topological polar surface area (TPSA) is 44.5 Å². The second-order valence-electron chi connectivity index (χ2n) is 4.51. The summed E-state index contributed by atoms with van der Waals surface area (Å²) in [5.41, 5.74) is 7.12. The van der Waals surface area contributed by atoms with Crippen LogP contribution in [0.2, 0.25) is 0 Å². The van der Waals surface area contributed by atoms with Crippen molar-refractivity contribution in [1.29, 1.82) is 0 Å². The summed E-state index contributed by atoms with van der Waals surface area (Å²) in [6.45, 7) is 0.612. The Labute approximate surface area is 128 Å². The van der Waals surface area contributed by atoms with Crippen LogP contribution in [0.3, 0.4) is 0 Å². The van der Waals surface area contributed by atoms with Crippen LogP contribution >= 0.6 is 12.2 Å². The molecule has 0 bridgehead atoms. The Kier molecular flexibility index (Phi) is 5.25. The summed E-state index contributed by atoms with van der Waals surface area (Å²) in [5, 5.41) is 0. The summed E-state index contributed by atoms with van der Waals surface area (Å²) < 4.78 is 24.8. The van der Waals surface area contributed by atoms with Gasteiger partial charge in [0.15, 0.2) is 0 Å². The molecule has 0 heterocycles. The Bertz CT molecular complexity index is 646. The van der Waals surface area contributed by atoms with Gasteiger partial charge in [0.2, 0.25) is 0 Å². The maximum atomic E-state index is 14.2. The van der Waals surface area contributed by atoms with Crippen molar-refractivity contribution in [3.05, 3.63) is 65.0 Å². The van der Waals surface area contributed by atoms with Gasteiger partial charge in [-0.05, 0) is 23.8 Å². The Hall–Kier alpha value is -1.98.